The lowest BCUT2D eigenvalue weighted by Crippen LogP contribution is -2.21. The van der Waals surface area contributed by atoms with E-state index < -0.39 is 0 Å². The highest BCUT2D eigenvalue weighted by molar-refractivity contribution is 7.11. The molecule has 20 heavy (non-hydrogen) atoms. The molecule has 0 amide bonds. The van der Waals surface area contributed by atoms with Gasteiger partial charge in [0.25, 0.3) is 0 Å². The number of hydrogen-bond donors (Lipinski definition) is 1. The summed E-state index contributed by atoms with van der Waals surface area (Å²) in [6.45, 7) is 4.14. The van der Waals surface area contributed by atoms with Crippen molar-refractivity contribution in [3.8, 4) is 0 Å². The first kappa shape index (κ1) is 15.5. The fraction of sp³-hybridized carbons (Fsp3) is 0.375. The first-order valence-electron chi connectivity index (χ1n) is 6.78. The summed E-state index contributed by atoms with van der Waals surface area (Å²) < 4.78 is 0. The number of halogens is 1. The van der Waals surface area contributed by atoms with E-state index in [2.05, 4.69) is 48.5 Å². The van der Waals surface area contributed by atoms with E-state index in [0.717, 1.165) is 18.1 Å². The fourth-order valence-corrected chi connectivity index (χ4v) is 3.37. The summed E-state index contributed by atoms with van der Waals surface area (Å²) in [5.41, 5.74) is 1.30. The van der Waals surface area contributed by atoms with Crippen LogP contribution in [0.5, 0.6) is 0 Å². The van der Waals surface area contributed by atoms with Crippen LogP contribution in [0.15, 0.2) is 36.4 Å². The predicted octanol–water partition coefficient (Wildman–Crippen LogP) is 4.31. The van der Waals surface area contributed by atoms with Gasteiger partial charge in [0.15, 0.2) is 0 Å². The molecular weight excluding hydrogens is 288 g/mol. The molecule has 1 N–H and O–H groups in total. The van der Waals surface area contributed by atoms with Crippen LogP contribution >= 0.6 is 22.9 Å². The van der Waals surface area contributed by atoms with Gasteiger partial charge in [-0.05, 0) is 50.8 Å². The van der Waals surface area contributed by atoms with Crippen LogP contribution in [0.3, 0.4) is 0 Å². The number of rotatable bonds is 6. The molecule has 1 heterocycles. The first-order chi connectivity index (χ1) is 9.60. The number of hydrogen-bond acceptors (Lipinski definition) is 3. The molecule has 1 unspecified atom stereocenters. The minimum absolute atomic E-state index is 0.377. The summed E-state index contributed by atoms with van der Waals surface area (Å²) in [4.78, 5) is 5.15. The fourth-order valence-electron chi connectivity index (χ4n) is 2.16. The van der Waals surface area contributed by atoms with Gasteiger partial charge in [0.2, 0.25) is 0 Å². The minimum Gasteiger partial charge on any atom is -0.315 e. The SMILES string of the molecule is CNCc1ccc(CN(C)C(C)c2ccc(Cl)cc2)s1. The topological polar surface area (TPSA) is 15.3 Å². The van der Waals surface area contributed by atoms with Crippen molar-refractivity contribution in [3.63, 3.8) is 0 Å². The Bertz CT molecular complexity index is 536. The number of thiophene rings is 1. The molecule has 0 saturated carbocycles. The first-order valence-corrected chi connectivity index (χ1v) is 7.97. The third kappa shape index (κ3) is 4.06. The van der Waals surface area contributed by atoms with Crippen molar-refractivity contribution in [2.45, 2.75) is 26.1 Å². The van der Waals surface area contributed by atoms with Crippen molar-refractivity contribution in [2.24, 2.45) is 0 Å². The molecule has 0 bridgehead atoms. The summed E-state index contributed by atoms with van der Waals surface area (Å²) in [5, 5.41) is 3.98. The number of nitrogens with zero attached hydrogens (tertiary/aromatic N) is 1. The van der Waals surface area contributed by atoms with Crippen molar-refractivity contribution in [2.75, 3.05) is 14.1 Å². The molecule has 2 aromatic rings. The van der Waals surface area contributed by atoms with Crippen LogP contribution in [-0.4, -0.2) is 19.0 Å². The maximum absolute atomic E-state index is 5.94. The van der Waals surface area contributed by atoms with Crippen LogP contribution < -0.4 is 5.32 Å². The van der Waals surface area contributed by atoms with Gasteiger partial charge in [-0.1, -0.05) is 23.7 Å². The average molecular weight is 309 g/mol. The highest BCUT2D eigenvalue weighted by Gasteiger charge is 2.12. The number of nitrogens with one attached hydrogen (secondary N) is 1. The third-order valence-corrected chi connectivity index (χ3v) is 4.81. The Morgan fingerprint density at radius 1 is 1.15 bits per heavy atom. The molecule has 0 aliphatic heterocycles. The summed E-state index contributed by atoms with van der Waals surface area (Å²) >= 11 is 7.82. The van der Waals surface area contributed by atoms with E-state index in [1.54, 1.807) is 0 Å². The Morgan fingerprint density at radius 3 is 2.45 bits per heavy atom. The maximum Gasteiger partial charge on any atom is 0.0406 e. The average Bonchev–Trinajstić information content (AvgIpc) is 2.86. The van der Waals surface area contributed by atoms with Crippen LogP contribution in [0.1, 0.15) is 28.3 Å². The molecule has 4 heteroatoms. The lowest BCUT2D eigenvalue weighted by molar-refractivity contribution is 0.255. The molecule has 0 aliphatic rings. The lowest BCUT2D eigenvalue weighted by Gasteiger charge is -2.24. The second kappa shape index (κ2) is 7.23. The molecule has 0 saturated heterocycles. The van der Waals surface area contributed by atoms with E-state index >= 15 is 0 Å². The molecule has 108 valence electrons. The van der Waals surface area contributed by atoms with Crippen LogP contribution in [0.2, 0.25) is 5.02 Å². The van der Waals surface area contributed by atoms with Gasteiger partial charge in [-0.3, -0.25) is 4.90 Å². The highest BCUT2D eigenvalue weighted by atomic mass is 35.5. The van der Waals surface area contributed by atoms with Gasteiger partial charge in [0, 0.05) is 33.9 Å². The second-order valence-corrected chi connectivity index (χ2v) is 6.73. The van der Waals surface area contributed by atoms with Gasteiger partial charge in [-0.15, -0.1) is 11.3 Å². The lowest BCUT2D eigenvalue weighted by atomic mass is 10.1. The molecule has 0 spiro atoms. The molecule has 1 aromatic heterocycles. The van der Waals surface area contributed by atoms with Crippen LogP contribution in [0.4, 0.5) is 0 Å². The zero-order chi connectivity index (χ0) is 14.5. The Balaban J connectivity index is 1.99. The van der Waals surface area contributed by atoms with E-state index in [1.165, 1.54) is 15.3 Å². The molecule has 0 fully saturated rings. The summed E-state index contributed by atoms with van der Waals surface area (Å²) in [7, 11) is 4.14. The normalized spacial score (nSPS) is 12.8. The van der Waals surface area contributed by atoms with Gasteiger partial charge >= 0.3 is 0 Å². The van der Waals surface area contributed by atoms with Crippen LogP contribution in [-0.2, 0) is 13.1 Å². The van der Waals surface area contributed by atoms with Crippen molar-refractivity contribution in [3.05, 3.63) is 56.7 Å². The molecule has 2 nitrogen and oxygen atoms in total. The van der Waals surface area contributed by atoms with Gasteiger partial charge < -0.3 is 5.32 Å². The van der Waals surface area contributed by atoms with Crippen LogP contribution in [0.25, 0.3) is 0 Å². The summed E-state index contributed by atoms with van der Waals surface area (Å²) in [5.74, 6) is 0. The monoisotopic (exact) mass is 308 g/mol. The Morgan fingerprint density at radius 2 is 1.80 bits per heavy atom. The van der Waals surface area contributed by atoms with E-state index in [4.69, 9.17) is 11.6 Å². The van der Waals surface area contributed by atoms with Crippen molar-refractivity contribution in [1.82, 2.24) is 10.2 Å². The summed E-state index contributed by atoms with van der Waals surface area (Å²) in [6, 6.07) is 12.9. The van der Waals surface area contributed by atoms with E-state index in [0.29, 0.717) is 6.04 Å². The summed E-state index contributed by atoms with van der Waals surface area (Å²) in [6.07, 6.45) is 0. The predicted molar refractivity (Wildman–Crippen MR) is 88.4 cm³/mol. The molecule has 1 aromatic carbocycles. The van der Waals surface area contributed by atoms with E-state index in [-0.39, 0.29) is 0 Å². The molecule has 1 atom stereocenters. The quantitative estimate of drug-likeness (QED) is 0.855. The Hall–Kier alpha value is -0.870. The third-order valence-electron chi connectivity index (χ3n) is 3.49. The Kier molecular flexibility index (Phi) is 5.61. The Labute approximate surface area is 130 Å². The van der Waals surface area contributed by atoms with Crippen LogP contribution in [0, 0.1) is 0 Å². The zero-order valence-corrected chi connectivity index (χ0v) is 13.8. The highest BCUT2D eigenvalue weighted by Crippen LogP contribution is 2.24. The van der Waals surface area contributed by atoms with Gasteiger partial charge in [0.05, 0.1) is 0 Å². The molecule has 0 radical (unpaired) electrons. The van der Waals surface area contributed by atoms with Gasteiger partial charge in [-0.2, -0.15) is 0 Å². The molecule has 0 aliphatic carbocycles. The molecule has 2 rings (SSSR count). The molecular formula is C16H21ClN2S. The maximum atomic E-state index is 5.94. The van der Waals surface area contributed by atoms with Crippen molar-refractivity contribution >= 4 is 22.9 Å². The number of benzene rings is 1. The minimum atomic E-state index is 0.377. The zero-order valence-electron chi connectivity index (χ0n) is 12.2. The van der Waals surface area contributed by atoms with Crippen molar-refractivity contribution in [1.29, 1.82) is 0 Å². The smallest absolute Gasteiger partial charge is 0.0406 e. The van der Waals surface area contributed by atoms with E-state index in [1.807, 2.05) is 30.5 Å². The van der Waals surface area contributed by atoms with Gasteiger partial charge in [0.1, 0.15) is 0 Å². The van der Waals surface area contributed by atoms with E-state index in [9.17, 15) is 0 Å². The van der Waals surface area contributed by atoms with Gasteiger partial charge in [-0.25, -0.2) is 0 Å². The second-order valence-electron chi connectivity index (χ2n) is 5.04. The standard InChI is InChI=1S/C16H21ClN2S/c1-12(13-4-6-14(17)7-5-13)19(3)11-16-9-8-15(20-16)10-18-2/h4-9,12,18H,10-11H2,1-3H3. The van der Waals surface area contributed by atoms with Crippen molar-refractivity contribution < 1.29 is 0 Å². The largest absolute Gasteiger partial charge is 0.315 e.